The second-order valence-corrected chi connectivity index (χ2v) is 4.36. The molecule has 0 heterocycles. The van der Waals surface area contributed by atoms with Crippen molar-refractivity contribution >= 4 is 18.2 Å². The minimum Gasteiger partial charge on any atom is -0.649 e. The Bertz CT molecular complexity index is 271. The third-order valence-electron chi connectivity index (χ3n) is 1.60. The second kappa shape index (κ2) is 12.1. The van der Waals surface area contributed by atoms with E-state index in [-0.39, 0.29) is 37.5 Å². The monoisotopic (exact) mass is 264 g/mol. The van der Waals surface area contributed by atoms with Gasteiger partial charge in [-0.25, -0.2) is 0 Å². The molecule has 0 aliphatic carbocycles. The summed E-state index contributed by atoms with van der Waals surface area (Å²) in [6.07, 6.45) is 0.209. The maximum Gasteiger partial charge on any atom is 1.00 e. The smallest absolute Gasteiger partial charge is 0.649 e. The van der Waals surface area contributed by atoms with Crippen LogP contribution in [0, 0.1) is 19.8 Å². The predicted octanol–water partition coefficient (Wildman–Crippen LogP) is -1.33. The molecule has 0 fully saturated rings. The van der Waals surface area contributed by atoms with Gasteiger partial charge in [-0.05, 0) is 27.7 Å². The summed E-state index contributed by atoms with van der Waals surface area (Å²) in [6, 6.07) is 0. The second-order valence-electron chi connectivity index (χ2n) is 4.36. The fraction of sp³-hybridized carbons (Fsp3) is 0.615. The van der Waals surface area contributed by atoms with Crippen molar-refractivity contribution in [3.63, 3.8) is 0 Å². The van der Waals surface area contributed by atoms with Crippen molar-refractivity contribution in [3.05, 3.63) is 13.8 Å². The molecule has 1 unspecified atom stereocenters. The molecule has 5 nitrogen and oxygen atoms in total. The van der Waals surface area contributed by atoms with E-state index in [1.54, 1.807) is 27.7 Å². The molecule has 0 saturated carbocycles. The summed E-state index contributed by atoms with van der Waals surface area (Å²) >= 11 is 0. The van der Waals surface area contributed by atoms with Crippen LogP contribution >= 0.6 is 0 Å². The summed E-state index contributed by atoms with van der Waals surface area (Å²) in [6.45, 7) is 15.3. The van der Waals surface area contributed by atoms with Crippen molar-refractivity contribution in [2.45, 2.75) is 39.7 Å². The summed E-state index contributed by atoms with van der Waals surface area (Å²) < 4.78 is 9.04. The molecule has 1 atom stereocenters. The molecule has 0 aromatic heterocycles. The first kappa shape index (κ1) is 23.2. The van der Waals surface area contributed by atoms with Crippen LogP contribution in [0.25, 0.3) is 0 Å². The molecule has 0 radical (unpaired) electrons. The standard InChI is InChI=1S/C8H12O3.C5H9O2.Li/c1-4-7(6(3)9)8(10)11-5-2;1-5(2,3)7-4-6;/h7H,1,3-5H2,2H3;1-3H3;/q-2;-1;+1. The van der Waals surface area contributed by atoms with Gasteiger partial charge in [0.2, 0.25) is 0 Å². The average Bonchev–Trinajstić information content (AvgIpc) is 2.17. The molecule has 0 saturated heterocycles. The number of Topliss-reactive ketones (excluding diaryl/α,β-unsaturated/α-hetero) is 1. The Morgan fingerprint density at radius 2 is 1.79 bits per heavy atom. The van der Waals surface area contributed by atoms with E-state index in [1.165, 1.54) is 6.47 Å². The summed E-state index contributed by atoms with van der Waals surface area (Å²) in [4.78, 5) is 31.0. The van der Waals surface area contributed by atoms with Crippen molar-refractivity contribution in [2.75, 3.05) is 6.61 Å². The Kier molecular flexibility index (Phi) is 14.8. The normalized spacial score (nSPS) is 11.0. The van der Waals surface area contributed by atoms with Crippen LogP contribution in [0.2, 0.25) is 0 Å². The van der Waals surface area contributed by atoms with Crippen molar-refractivity contribution in [3.8, 4) is 0 Å². The van der Waals surface area contributed by atoms with Gasteiger partial charge in [0.25, 0.3) is 0 Å². The van der Waals surface area contributed by atoms with Gasteiger partial charge in [-0.2, -0.15) is 6.42 Å². The number of carbonyl (C=O) groups is 2. The fourth-order valence-corrected chi connectivity index (χ4v) is 0.778. The van der Waals surface area contributed by atoms with E-state index in [1.807, 2.05) is 0 Å². The first-order valence-corrected chi connectivity index (χ1v) is 5.56. The number of carbonyl (C=O) groups excluding carboxylic acids is 3. The van der Waals surface area contributed by atoms with Crippen LogP contribution in [0.3, 0.4) is 0 Å². The molecule has 0 N–H and O–H groups in total. The van der Waals surface area contributed by atoms with E-state index in [9.17, 15) is 14.4 Å². The molecule has 0 aromatic carbocycles. The quantitative estimate of drug-likeness (QED) is 0.266. The summed E-state index contributed by atoms with van der Waals surface area (Å²) in [7, 11) is 0. The molecule has 0 amide bonds. The number of esters is 1. The predicted molar refractivity (Wildman–Crippen MR) is 67.0 cm³/mol. The number of ether oxygens (including phenoxy) is 2. The van der Waals surface area contributed by atoms with Crippen molar-refractivity contribution < 1.29 is 42.7 Å². The first-order valence-electron chi connectivity index (χ1n) is 5.56. The van der Waals surface area contributed by atoms with Crippen molar-refractivity contribution in [1.29, 1.82) is 0 Å². The van der Waals surface area contributed by atoms with E-state index >= 15 is 0 Å². The van der Waals surface area contributed by atoms with Gasteiger partial charge in [0.15, 0.2) is 0 Å². The molecule has 0 aliphatic heterocycles. The van der Waals surface area contributed by atoms with Gasteiger partial charge >= 0.3 is 24.8 Å². The average molecular weight is 264 g/mol. The number of hydrogen-bond acceptors (Lipinski definition) is 5. The SMILES string of the molecule is CC(C)(C)O[C-]=O.[CH2-]CC(C([CH2-])=O)C(=O)OCC.[Li+]. The van der Waals surface area contributed by atoms with E-state index in [0.29, 0.717) is 0 Å². The number of rotatable bonds is 5. The summed E-state index contributed by atoms with van der Waals surface area (Å²) in [5, 5.41) is 0. The Hall–Kier alpha value is -0.923. The van der Waals surface area contributed by atoms with Crippen LogP contribution in [0.15, 0.2) is 0 Å². The van der Waals surface area contributed by atoms with Crippen molar-refractivity contribution in [1.82, 2.24) is 0 Å². The zero-order chi connectivity index (χ0) is 14.8. The Labute approximate surface area is 127 Å². The number of hydrogen-bond donors (Lipinski definition) is 0. The van der Waals surface area contributed by atoms with Gasteiger partial charge in [0.05, 0.1) is 18.1 Å². The first-order chi connectivity index (χ1) is 8.19. The molecule has 0 bridgehead atoms. The summed E-state index contributed by atoms with van der Waals surface area (Å²) in [5.74, 6) is -1.74. The Morgan fingerprint density at radius 1 is 1.32 bits per heavy atom. The van der Waals surface area contributed by atoms with Gasteiger partial charge in [-0.15, -0.1) is 0 Å². The molecule has 19 heavy (non-hydrogen) atoms. The number of ketones is 1. The van der Waals surface area contributed by atoms with E-state index < -0.39 is 17.7 Å². The van der Waals surface area contributed by atoms with Gasteiger partial charge in [0, 0.05) is 5.78 Å². The zero-order valence-corrected chi connectivity index (χ0v) is 12.4. The largest absolute Gasteiger partial charge is 1.00 e. The van der Waals surface area contributed by atoms with E-state index in [0.717, 1.165) is 0 Å². The molecule has 0 aromatic rings. The molecule has 0 rings (SSSR count). The van der Waals surface area contributed by atoms with Crippen molar-refractivity contribution in [2.24, 2.45) is 5.92 Å². The van der Waals surface area contributed by atoms with Gasteiger partial charge in [0.1, 0.15) is 0 Å². The van der Waals surface area contributed by atoms with Crippen LogP contribution < -0.4 is 18.9 Å². The topological polar surface area (TPSA) is 69.7 Å². The third kappa shape index (κ3) is 15.0. The van der Waals surface area contributed by atoms with Crippen LogP contribution in [-0.2, 0) is 23.9 Å². The zero-order valence-electron chi connectivity index (χ0n) is 12.4. The molecular weight excluding hydrogens is 243 g/mol. The van der Waals surface area contributed by atoms with Crippen LogP contribution in [-0.4, -0.2) is 30.4 Å². The maximum absolute atomic E-state index is 10.9. The molecule has 6 heteroatoms. The van der Waals surface area contributed by atoms with Gasteiger partial charge < -0.3 is 32.9 Å². The fourth-order valence-electron chi connectivity index (χ4n) is 0.778. The van der Waals surface area contributed by atoms with E-state index in [4.69, 9.17) is 0 Å². The van der Waals surface area contributed by atoms with E-state index in [2.05, 4.69) is 23.3 Å². The summed E-state index contributed by atoms with van der Waals surface area (Å²) in [5.41, 5.74) is -0.373. The molecule has 0 aliphatic rings. The molecule has 0 spiro atoms. The van der Waals surface area contributed by atoms with Crippen LogP contribution in [0.1, 0.15) is 34.1 Å². The molecular formula is C13H21LiO5-2. The molecule has 106 valence electrons. The third-order valence-corrected chi connectivity index (χ3v) is 1.60. The Morgan fingerprint density at radius 3 is 1.95 bits per heavy atom. The maximum atomic E-state index is 10.9. The van der Waals surface area contributed by atoms with Crippen LogP contribution in [0.4, 0.5) is 0 Å². The Balaban J connectivity index is -0.000000280. The van der Waals surface area contributed by atoms with Crippen LogP contribution in [0.5, 0.6) is 0 Å². The minimum atomic E-state index is -0.782. The van der Waals surface area contributed by atoms with Gasteiger partial charge in [-0.1, -0.05) is 6.47 Å². The van der Waals surface area contributed by atoms with Gasteiger partial charge in [-0.3, -0.25) is 4.79 Å². The minimum absolute atomic E-state index is 0.